The van der Waals surface area contributed by atoms with Crippen molar-refractivity contribution in [1.29, 1.82) is 0 Å². The van der Waals surface area contributed by atoms with Crippen molar-refractivity contribution in [3.63, 3.8) is 0 Å². The van der Waals surface area contributed by atoms with Crippen molar-refractivity contribution in [2.24, 2.45) is 5.92 Å². The predicted octanol–water partition coefficient (Wildman–Crippen LogP) is 3.42. The molecule has 0 unspecified atom stereocenters. The normalized spacial score (nSPS) is 23.7. The quantitative estimate of drug-likeness (QED) is 0.790. The molecule has 1 aliphatic rings. The van der Waals surface area contributed by atoms with Crippen LogP contribution >= 0.6 is 12.6 Å². The summed E-state index contributed by atoms with van der Waals surface area (Å²) in [5.74, 6) is -0.0897. The summed E-state index contributed by atoms with van der Waals surface area (Å²) in [6.07, 6.45) is 4.21. The standard InChI is InChI=1S/C14H18FNOS/c1-9-2-4-10(5-3-9)16-14(17)12-8-11(18)6-7-13(12)15/h6-10,18H,2-5H2,1H3,(H,16,17). The van der Waals surface area contributed by atoms with Gasteiger partial charge in [-0.15, -0.1) is 12.6 Å². The fraction of sp³-hybridized carbons (Fsp3) is 0.500. The number of halogens is 1. The summed E-state index contributed by atoms with van der Waals surface area (Å²) in [5.41, 5.74) is 0.0844. The molecule has 0 bridgehead atoms. The van der Waals surface area contributed by atoms with Crippen LogP contribution < -0.4 is 5.32 Å². The lowest BCUT2D eigenvalue weighted by Gasteiger charge is -2.27. The van der Waals surface area contributed by atoms with E-state index >= 15 is 0 Å². The first-order valence-electron chi connectivity index (χ1n) is 6.35. The number of hydrogen-bond donors (Lipinski definition) is 2. The van der Waals surface area contributed by atoms with Crippen molar-refractivity contribution in [3.05, 3.63) is 29.6 Å². The van der Waals surface area contributed by atoms with Crippen molar-refractivity contribution >= 4 is 18.5 Å². The van der Waals surface area contributed by atoms with Gasteiger partial charge in [-0.25, -0.2) is 4.39 Å². The van der Waals surface area contributed by atoms with Crippen LogP contribution in [0.15, 0.2) is 23.1 Å². The third-order valence-corrected chi connectivity index (χ3v) is 3.82. The Morgan fingerprint density at radius 3 is 2.67 bits per heavy atom. The highest BCUT2D eigenvalue weighted by Gasteiger charge is 2.21. The first-order valence-corrected chi connectivity index (χ1v) is 6.80. The van der Waals surface area contributed by atoms with Crippen LogP contribution in [0.1, 0.15) is 43.0 Å². The molecule has 1 aromatic carbocycles. The lowest BCUT2D eigenvalue weighted by Crippen LogP contribution is -2.37. The van der Waals surface area contributed by atoms with E-state index in [9.17, 15) is 9.18 Å². The van der Waals surface area contributed by atoms with Crippen LogP contribution in [-0.2, 0) is 0 Å². The van der Waals surface area contributed by atoms with E-state index in [1.165, 1.54) is 18.2 Å². The minimum atomic E-state index is -0.491. The maximum Gasteiger partial charge on any atom is 0.254 e. The first-order chi connectivity index (χ1) is 8.56. The van der Waals surface area contributed by atoms with Crippen LogP contribution in [0, 0.1) is 11.7 Å². The number of carbonyl (C=O) groups excluding carboxylic acids is 1. The highest BCUT2D eigenvalue weighted by molar-refractivity contribution is 7.80. The highest BCUT2D eigenvalue weighted by Crippen LogP contribution is 2.24. The molecule has 1 amide bonds. The monoisotopic (exact) mass is 267 g/mol. The summed E-state index contributed by atoms with van der Waals surface area (Å²) in [7, 11) is 0. The molecule has 0 radical (unpaired) electrons. The Balaban J connectivity index is 2.01. The molecule has 1 saturated carbocycles. The van der Waals surface area contributed by atoms with Gasteiger partial charge in [0.1, 0.15) is 5.82 Å². The topological polar surface area (TPSA) is 29.1 Å². The molecule has 18 heavy (non-hydrogen) atoms. The molecule has 1 fully saturated rings. The van der Waals surface area contributed by atoms with E-state index in [0.717, 1.165) is 31.6 Å². The maximum atomic E-state index is 13.5. The molecule has 0 spiro atoms. The van der Waals surface area contributed by atoms with Gasteiger partial charge in [0.2, 0.25) is 0 Å². The van der Waals surface area contributed by atoms with E-state index in [2.05, 4.69) is 24.9 Å². The van der Waals surface area contributed by atoms with Crippen LogP contribution in [0.4, 0.5) is 4.39 Å². The largest absolute Gasteiger partial charge is 0.349 e. The third-order valence-electron chi connectivity index (χ3n) is 3.55. The second-order valence-electron chi connectivity index (χ2n) is 5.09. The van der Waals surface area contributed by atoms with E-state index < -0.39 is 5.82 Å². The smallest absolute Gasteiger partial charge is 0.254 e. The fourth-order valence-corrected chi connectivity index (χ4v) is 2.56. The van der Waals surface area contributed by atoms with E-state index in [0.29, 0.717) is 4.90 Å². The number of rotatable bonds is 2. The Kier molecular flexibility index (Phi) is 4.27. The zero-order valence-corrected chi connectivity index (χ0v) is 11.3. The third kappa shape index (κ3) is 3.25. The van der Waals surface area contributed by atoms with Crippen molar-refractivity contribution in [1.82, 2.24) is 5.32 Å². The molecule has 4 heteroatoms. The van der Waals surface area contributed by atoms with Gasteiger partial charge in [0, 0.05) is 10.9 Å². The van der Waals surface area contributed by atoms with Crippen LogP contribution in [0.3, 0.4) is 0 Å². The minimum Gasteiger partial charge on any atom is -0.349 e. The molecule has 1 N–H and O–H groups in total. The second-order valence-corrected chi connectivity index (χ2v) is 5.61. The van der Waals surface area contributed by atoms with Gasteiger partial charge >= 0.3 is 0 Å². The van der Waals surface area contributed by atoms with E-state index in [4.69, 9.17) is 0 Å². The molecule has 0 saturated heterocycles. The second kappa shape index (κ2) is 5.74. The lowest BCUT2D eigenvalue weighted by atomic mass is 9.87. The number of nitrogens with one attached hydrogen (secondary N) is 1. The molecule has 1 aliphatic carbocycles. The average molecular weight is 267 g/mol. The molecule has 2 nitrogen and oxygen atoms in total. The Bertz CT molecular complexity index is 441. The van der Waals surface area contributed by atoms with Crippen molar-refractivity contribution < 1.29 is 9.18 Å². The molecule has 0 heterocycles. The summed E-state index contributed by atoms with van der Waals surface area (Å²) in [4.78, 5) is 12.6. The van der Waals surface area contributed by atoms with Gasteiger partial charge in [0.25, 0.3) is 5.91 Å². The van der Waals surface area contributed by atoms with Crippen molar-refractivity contribution in [2.45, 2.75) is 43.5 Å². The highest BCUT2D eigenvalue weighted by atomic mass is 32.1. The molecule has 0 aromatic heterocycles. The summed E-state index contributed by atoms with van der Waals surface area (Å²) in [6, 6.07) is 4.47. The van der Waals surface area contributed by atoms with E-state index in [1.807, 2.05) is 0 Å². The summed E-state index contributed by atoms with van der Waals surface area (Å²) < 4.78 is 13.5. The fourth-order valence-electron chi connectivity index (χ4n) is 2.35. The van der Waals surface area contributed by atoms with Crippen molar-refractivity contribution in [2.75, 3.05) is 0 Å². The van der Waals surface area contributed by atoms with E-state index in [-0.39, 0.29) is 17.5 Å². The Hall–Kier alpha value is -1.03. The van der Waals surface area contributed by atoms with Gasteiger partial charge in [0.15, 0.2) is 0 Å². The first kappa shape index (κ1) is 13.4. The summed E-state index contributed by atoms with van der Waals surface area (Å²) >= 11 is 4.13. The number of thiol groups is 1. The number of amides is 1. The van der Waals surface area contributed by atoms with Crippen LogP contribution in [0.5, 0.6) is 0 Å². The maximum absolute atomic E-state index is 13.5. The molecular formula is C14H18FNOS. The molecule has 0 aliphatic heterocycles. The van der Waals surface area contributed by atoms with Gasteiger partial charge in [-0.2, -0.15) is 0 Å². The molecular weight excluding hydrogens is 249 g/mol. The van der Waals surface area contributed by atoms with Crippen LogP contribution in [-0.4, -0.2) is 11.9 Å². The predicted molar refractivity (Wildman–Crippen MR) is 72.5 cm³/mol. The summed E-state index contributed by atoms with van der Waals surface area (Å²) in [6.45, 7) is 2.22. The molecule has 1 aromatic rings. The lowest BCUT2D eigenvalue weighted by molar-refractivity contribution is 0.0918. The Morgan fingerprint density at radius 2 is 2.00 bits per heavy atom. The number of hydrogen-bond acceptors (Lipinski definition) is 2. The van der Waals surface area contributed by atoms with Crippen LogP contribution in [0.25, 0.3) is 0 Å². The van der Waals surface area contributed by atoms with Gasteiger partial charge in [-0.3, -0.25) is 4.79 Å². The van der Waals surface area contributed by atoms with Gasteiger partial charge in [-0.1, -0.05) is 6.92 Å². The van der Waals surface area contributed by atoms with Gasteiger partial charge in [-0.05, 0) is 49.8 Å². The van der Waals surface area contributed by atoms with Crippen LogP contribution in [0.2, 0.25) is 0 Å². The number of carbonyl (C=O) groups is 1. The Morgan fingerprint density at radius 1 is 1.33 bits per heavy atom. The van der Waals surface area contributed by atoms with Gasteiger partial charge in [0.05, 0.1) is 5.56 Å². The molecule has 2 rings (SSSR count). The number of benzene rings is 1. The van der Waals surface area contributed by atoms with E-state index in [1.54, 1.807) is 0 Å². The average Bonchev–Trinajstić information content (AvgIpc) is 2.35. The molecule has 98 valence electrons. The summed E-state index contributed by atoms with van der Waals surface area (Å²) in [5, 5.41) is 2.91. The zero-order chi connectivity index (χ0) is 13.1. The minimum absolute atomic E-state index is 0.0844. The Labute approximate surface area is 112 Å². The zero-order valence-electron chi connectivity index (χ0n) is 10.4. The SMILES string of the molecule is CC1CCC(NC(=O)c2cc(S)ccc2F)CC1. The van der Waals surface area contributed by atoms with Gasteiger partial charge < -0.3 is 5.32 Å². The molecule has 0 atom stereocenters. The van der Waals surface area contributed by atoms with Crippen molar-refractivity contribution in [3.8, 4) is 0 Å².